The molecular weight excluding hydrogens is 390 g/mol. The zero-order valence-electron chi connectivity index (χ0n) is 15.4. The van der Waals surface area contributed by atoms with Crippen molar-refractivity contribution in [3.63, 3.8) is 0 Å². The Kier molecular flexibility index (Phi) is 6.76. The van der Waals surface area contributed by atoms with Crippen molar-refractivity contribution in [2.45, 2.75) is 6.42 Å². The largest absolute Gasteiger partial charge is 0.426 e. The highest BCUT2D eigenvalue weighted by Gasteiger charge is 2.12. The van der Waals surface area contributed by atoms with Gasteiger partial charge in [0, 0.05) is 17.7 Å². The van der Waals surface area contributed by atoms with Crippen LogP contribution in [0.3, 0.4) is 0 Å². The number of halogens is 1. The summed E-state index contributed by atoms with van der Waals surface area (Å²) >= 11 is 5.97. The average molecular weight is 408 g/mol. The van der Waals surface area contributed by atoms with Gasteiger partial charge in [-0.3, -0.25) is 14.4 Å². The molecule has 0 bridgehead atoms. The van der Waals surface area contributed by atoms with Crippen LogP contribution in [0.25, 0.3) is 0 Å². The molecule has 0 atom stereocenters. The number of carbonyl (C=O) groups excluding carboxylic acids is 3. The number of amides is 1. The standard InChI is InChI=1S/C23H18ClNO4/c24-20-9-5-4-8-19(20)23(28)25-15-14-21(26)29-18-12-10-17(11-13-18)22(27)16-6-2-1-3-7-16/h1-13H,14-15H2,(H,25,28). The maximum atomic E-state index is 12.4. The van der Waals surface area contributed by atoms with E-state index in [0.717, 1.165) is 0 Å². The normalized spacial score (nSPS) is 10.2. The van der Waals surface area contributed by atoms with Gasteiger partial charge < -0.3 is 10.1 Å². The van der Waals surface area contributed by atoms with Gasteiger partial charge in [-0.05, 0) is 36.4 Å². The Morgan fingerprint density at radius 1 is 0.793 bits per heavy atom. The molecule has 5 nitrogen and oxygen atoms in total. The first kappa shape index (κ1) is 20.3. The van der Waals surface area contributed by atoms with Crippen LogP contribution in [-0.4, -0.2) is 24.2 Å². The Morgan fingerprint density at radius 2 is 1.41 bits per heavy atom. The van der Waals surface area contributed by atoms with Crippen LogP contribution in [0.1, 0.15) is 32.7 Å². The van der Waals surface area contributed by atoms with Gasteiger partial charge in [0.25, 0.3) is 5.91 Å². The Balaban J connectivity index is 1.49. The van der Waals surface area contributed by atoms with Crippen LogP contribution in [0.4, 0.5) is 0 Å². The molecule has 1 N–H and O–H groups in total. The van der Waals surface area contributed by atoms with E-state index in [2.05, 4.69) is 5.32 Å². The predicted molar refractivity (Wildman–Crippen MR) is 110 cm³/mol. The van der Waals surface area contributed by atoms with E-state index >= 15 is 0 Å². The number of ether oxygens (including phenoxy) is 1. The summed E-state index contributed by atoms with van der Waals surface area (Å²) < 4.78 is 5.24. The van der Waals surface area contributed by atoms with Gasteiger partial charge in [0.1, 0.15) is 5.75 Å². The summed E-state index contributed by atoms with van der Waals surface area (Å²) in [5.74, 6) is -0.624. The molecule has 6 heteroatoms. The maximum absolute atomic E-state index is 12.4. The van der Waals surface area contributed by atoms with E-state index in [1.807, 2.05) is 6.07 Å². The number of nitrogens with one attached hydrogen (secondary N) is 1. The van der Waals surface area contributed by atoms with Gasteiger partial charge in [-0.2, -0.15) is 0 Å². The summed E-state index contributed by atoms with van der Waals surface area (Å²) in [6.07, 6.45) is 0.000883. The van der Waals surface area contributed by atoms with Gasteiger partial charge in [0.15, 0.2) is 5.78 Å². The van der Waals surface area contributed by atoms with Crippen molar-refractivity contribution >= 4 is 29.3 Å². The molecule has 0 saturated heterocycles. The minimum Gasteiger partial charge on any atom is -0.426 e. The van der Waals surface area contributed by atoms with Gasteiger partial charge in [0.2, 0.25) is 0 Å². The summed E-state index contributed by atoms with van der Waals surface area (Å²) in [5.41, 5.74) is 1.44. The van der Waals surface area contributed by atoms with Gasteiger partial charge >= 0.3 is 5.97 Å². The zero-order chi connectivity index (χ0) is 20.6. The highest BCUT2D eigenvalue weighted by atomic mass is 35.5. The van der Waals surface area contributed by atoms with E-state index in [1.165, 1.54) is 0 Å². The van der Waals surface area contributed by atoms with Crippen molar-refractivity contribution in [1.29, 1.82) is 0 Å². The SMILES string of the molecule is O=C(CCNC(=O)c1ccccc1Cl)Oc1ccc(C(=O)c2ccccc2)cc1. The number of ketones is 1. The summed E-state index contributed by atoms with van der Waals surface area (Å²) in [4.78, 5) is 36.4. The lowest BCUT2D eigenvalue weighted by molar-refractivity contribution is -0.134. The summed E-state index contributed by atoms with van der Waals surface area (Å²) in [7, 11) is 0. The Hall–Kier alpha value is -3.44. The molecule has 0 fully saturated rings. The van der Waals surface area contributed by atoms with Crippen molar-refractivity contribution in [2.75, 3.05) is 6.54 Å². The maximum Gasteiger partial charge on any atom is 0.312 e. The molecule has 3 rings (SSSR count). The minimum absolute atomic E-state index is 0.000883. The lowest BCUT2D eigenvalue weighted by Gasteiger charge is -2.08. The van der Waals surface area contributed by atoms with Crippen molar-refractivity contribution in [3.8, 4) is 5.75 Å². The van der Waals surface area contributed by atoms with Crippen LogP contribution in [-0.2, 0) is 4.79 Å². The molecule has 0 aliphatic rings. The molecule has 0 heterocycles. The van der Waals surface area contributed by atoms with Crippen LogP contribution in [0, 0.1) is 0 Å². The third-order valence-electron chi connectivity index (χ3n) is 4.12. The molecule has 0 spiro atoms. The number of hydrogen-bond acceptors (Lipinski definition) is 4. The number of carbonyl (C=O) groups is 3. The highest BCUT2D eigenvalue weighted by Crippen LogP contribution is 2.16. The monoisotopic (exact) mass is 407 g/mol. The Labute approximate surface area is 173 Å². The van der Waals surface area contributed by atoms with E-state index in [0.29, 0.717) is 27.5 Å². The van der Waals surface area contributed by atoms with Crippen LogP contribution >= 0.6 is 11.6 Å². The first-order valence-corrected chi connectivity index (χ1v) is 9.35. The Bertz CT molecular complexity index is 1020. The third kappa shape index (κ3) is 5.53. The second-order valence-electron chi connectivity index (χ2n) is 6.18. The van der Waals surface area contributed by atoms with Gasteiger partial charge in [-0.25, -0.2) is 0 Å². The van der Waals surface area contributed by atoms with E-state index in [-0.39, 0.29) is 24.7 Å². The lowest BCUT2D eigenvalue weighted by Crippen LogP contribution is -2.27. The fraction of sp³-hybridized carbons (Fsp3) is 0.0870. The van der Waals surface area contributed by atoms with Crippen molar-refractivity contribution < 1.29 is 19.1 Å². The molecule has 0 saturated carbocycles. The average Bonchev–Trinajstić information content (AvgIpc) is 2.74. The minimum atomic E-state index is -0.494. The summed E-state index contributed by atoms with van der Waals surface area (Å²) in [6, 6.07) is 21.9. The smallest absolute Gasteiger partial charge is 0.312 e. The molecular formula is C23H18ClNO4. The van der Waals surface area contributed by atoms with Crippen LogP contribution in [0.15, 0.2) is 78.9 Å². The number of hydrogen-bond donors (Lipinski definition) is 1. The quantitative estimate of drug-likeness (QED) is 0.360. The molecule has 29 heavy (non-hydrogen) atoms. The molecule has 0 radical (unpaired) electrons. The summed E-state index contributed by atoms with van der Waals surface area (Å²) in [6.45, 7) is 0.119. The van der Waals surface area contributed by atoms with Crippen molar-refractivity contribution in [1.82, 2.24) is 5.32 Å². The number of esters is 1. The van der Waals surface area contributed by atoms with E-state index in [9.17, 15) is 14.4 Å². The molecule has 3 aromatic rings. The highest BCUT2D eigenvalue weighted by molar-refractivity contribution is 6.33. The predicted octanol–water partition coefficient (Wildman–Crippen LogP) is 4.30. The first-order valence-electron chi connectivity index (χ1n) is 8.98. The van der Waals surface area contributed by atoms with Crippen LogP contribution in [0.2, 0.25) is 5.02 Å². The molecule has 3 aromatic carbocycles. The third-order valence-corrected chi connectivity index (χ3v) is 4.45. The van der Waals surface area contributed by atoms with E-state index in [4.69, 9.17) is 16.3 Å². The molecule has 0 aliphatic carbocycles. The van der Waals surface area contributed by atoms with E-state index in [1.54, 1.807) is 72.8 Å². The fourth-order valence-electron chi connectivity index (χ4n) is 2.63. The zero-order valence-corrected chi connectivity index (χ0v) is 16.2. The molecule has 0 aliphatic heterocycles. The van der Waals surface area contributed by atoms with Gasteiger partial charge in [-0.1, -0.05) is 54.1 Å². The van der Waals surface area contributed by atoms with Crippen LogP contribution < -0.4 is 10.1 Å². The molecule has 0 aromatic heterocycles. The fourth-order valence-corrected chi connectivity index (χ4v) is 2.85. The topological polar surface area (TPSA) is 72.5 Å². The van der Waals surface area contributed by atoms with Crippen molar-refractivity contribution in [2.24, 2.45) is 0 Å². The van der Waals surface area contributed by atoms with Gasteiger partial charge in [-0.15, -0.1) is 0 Å². The number of rotatable bonds is 7. The van der Waals surface area contributed by atoms with E-state index < -0.39 is 5.97 Å². The van der Waals surface area contributed by atoms with Crippen molar-refractivity contribution in [3.05, 3.63) is 101 Å². The van der Waals surface area contributed by atoms with Gasteiger partial charge in [0.05, 0.1) is 17.0 Å². The first-order chi connectivity index (χ1) is 14.0. The molecule has 0 unspecified atom stereocenters. The molecule has 146 valence electrons. The molecule has 1 amide bonds. The summed E-state index contributed by atoms with van der Waals surface area (Å²) in [5, 5.41) is 2.97. The second kappa shape index (κ2) is 9.66. The second-order valence-corrected chi connectivity index (χ2v) is 6.59. The Morgan fingerprint density at radius 3 is 2.10 bits per heavy atom. The van der Waals surface area contributed by atoms with Crippen LogP contribution in [0.5, 0.6) is 5.75 Å². The lowest BCUT2D eigenvalue weighted by atomic mass is 10.0. The number of benzene rings is 3.